The largest absolute Gasteiger partial charge is 0.348 e. The van der Waals surface area contributed by atoms with Crippen LogP contribution in [0.1, 0.15) is 23.7 Å². The van der Waals surface area contributed by atoms with E-state index in [2.05, 4.69) is 15.5 Å². The summed E-state index contributed by atoms with van der Waals surface area (Å²) < 4.78 is 18.9. The molecule has 0 aliphatic carbocycles. The van der Waals surface area contributed by atoms with Crippen molar-refractivity contribution in [3.8, 4) is 0 Å². The summed E-state index contributed by atoms with van der Waals surface area (Å²) in [6.45, 7) is 3.70. The van der Waals surface area contributed by atoms with Crippen molar-refractivity contribution in [3.05, 3.63) is 41.3 Å². The summed E-state index contributed by atoms with van der Waals surface area (Å²) in [6.07, 6.45) is 0.0461. The number of nitrogens with one attached hydrogen (secondary N) is 1. The molecule has 1 aromatic heterocycles. The van der Waals surface area contributed by atoms with E-state index >= 15 is 0 Å². The van der Waals surface area contributed by atoms with Gasteiger partial charge in [0, 0.05) is 19.9 Å². The van der Waals surface area contributed by atoms with Crippen molar-refractivity contribution in [2.75, 3.05) is 11.4 Å². The van der Waals surface area contributed by atoms with Gasteiger partial charge in [-0.1, -0.05) is 11.2 Å². The number of rotatable bonds is 4. The summed E-state index contributed by atoms with van der Waals surface area (Å²) in [7, 11) is 0. The average molecular weight is 332 g/mol. The van der Waals surface area contributed by atoms with Gasteiger partial charge in [-0.15, -0.1) is 0 Å². The van der Waals surface area contributed by atoms with E-state index in [1.807, 2.05) is 0 Å². The van der Waals surface area contributed by atoms with Crippen LogP contribution >= 0.6 is 0 Å². The molecule has 1 aliphatic rings. The lowest BCUT2D eigenvalue weighted by Crippen LogP contribution is -2.33. The van der Waals surface area contributed by atoms with E-state index in [1.165, 1.54) is 11.0 Å². The predicted molar refractivity (Wildman–Crippen MR) is 82.5 cm³/mol. The highest BCUT2D eigenvalue weighted by molar-refractivity contribution is 6.00. The van der Waals surface area contributed by atoms with Gasteiger partial charge in [0.05, 0.1) is 18.2 Å². The van der Waals surface area contributed by atoms with Gasteiger partial charge >= 0.3 is 0 Å². The highest BCUT2D eigenvalue weighted by atomic mass is 19.1. The zero-order chi connectivity index (χ0) is 17.3. The Labute approximate surface area is 137 Å². The predicted octanol–water partition coefficient (Wildman–Crippen LogP) is 1.49. The molecule has 3 rings (SSSR count). The van der Waals surface area contributed by atoms with Gasteiger partial charge in [-0.3, -0.25) is 9.59 Å². The zero-order valence-electron chi connectivity index (χ0n) is 13.4. The maximum atomic E-state index is 14.1. The molecule has 1 aromatic carbocycles. The Morgan fingerprint density at radius 1 is 1.46 bits per heavy atom. The van der Waals surface area contributed by atoms with Crippen LogP contribution in [0, 0.1) is 25.6 Å². The number of carbonyl (C=O) groups excluding carboxylic acids is 2. The molecule has 2 aromatic rings. The molecular weight excluding hydrogens is 315 g/mol. The fourth-order valence-corrected chi connectivity index (χ4v) is 2.67. The number of aryl methyl sites for hydroxylation is 2. The molecule has 126 valence electrons. The van der Waals surface area contributed by atoms with Crippen LogP contribution in [0.2, 0.25) is 0 Å². The van der Waals surface area contributed by atoms with Crippen molar-refractivity contribution < 1.29 is 18.5 Å². The highest BCUT2D eigenvalue weighted by Crippen LogP contribution is 2.28. The minimum atomic E-state index is -0.536. The second-order valence-corrected chi connectivity index (χ2v) is 5.81. The van der Waals surface area contributed by atoms with Crippen molar-refractivity contribution in [2.24, 2.45) is 5.92 Å². The number of carbonyl (C=O) groups is 2. The first kappa shape index (κ1) is 16.1. The molecule has 8 heteroatoms. The number of amides is 2. The minimum absolute atomic E-state index is 0.0461. The van der Waals surface area contributed by atoms with Gasteiger partial charge < -0.3 is 14.7 Å². The van der Waals surface area contributed by atoms with E-state index in [-0.39, 0.29) is 37.0 Å². The van der Waals surface area contributed by atoms with Crippen LogP contribution in [-0.2, 0) is 16.1 Å². The lowest BCUT2D eigenvalue weighted by Gasteiger charge is -2.17. The van der Waals surface area contributed by atoms with Gasteiger partial charge in [0.1, 0.15) is 5.82 Å². The van der Waals surface area contributed by atoms with Crippen molar-refractivity contribution in [3.63, 3.8) is 0 Å². The van der Waals surface area contributed by atoms with E-state index in [9.17, 15) is 14.0 Å². The van der Waals surface area contributed by atoms with Gasteiger partial charge in [0.2, 0.25) is 17.7 Å². The Bertz CT molecular complexity index is 789. The molecule has 1 N–H and O–H groups in total. The smallest absolute Gasteiger partial charge is 0.227 e. The second-order valence-electron chi connectivity index (χ2n) is 5.81. The minimum Gasteiger partial charge on any atom is -0.348 e. The van der Waals surface area contributed by atoms with E-state index in [0.717, 1.165) is 5.56 Å². The summed E-state index contributed by atoms with van der Waals surface area (Å²) in [5.74, 6) is -0.782. The standard InChI is InChI=1S/C16H17FN4O3/c1-9-3-4-13(12(17)5-9)21-8-11(6-15(21)22)16(23)18-7-14-19-10(2)24-20-14/h3-5,11H,6-8H2,1-2H3,(H,18,23). The summed E-state index contributed by atoms with van der Waals surface area (Å²) in [4.78, 5) is 29.7. The van der Waals surface area contributed by atoms with Gasteiger partial charge in [-0.25, -0.2) is 4.39 Å². The van der Waals surface area contributed by atoms with Crippen LogP contribution in [0.4, 0.5) is 10.1 Å². The van der Waals surface area contributed by atoms with Crippen LogP contribution in [-0.4, -0.2) is 28.5 Å². The van der Waals surface area contributed by atoms with E-state index < -0.39 is 11.7 Å². The number of anilines is 1. The molecule has 0 spiro atoms. The number of hydrogen-bond donors (Lipinski definition) is 1. The molecule has 2 heterocycles. The van der Waals surface area contributed by atoms with E-state index in [1.54, 1.807) is 26.0 Å². The molecule has 1 saturated heterocycles. The van der Waals surface area contributed by atoms with Crippen molar-refractivity contribution >= 4 is 17.5 Å². The molecule has 1 aliphatic heterocycles. The van der Waals surface area contributed by atoms with Crippen molar-refractivity contribution in [1.82, 2.24) is 15.5 Å². The van der Waals surface area contributed by atoms with Crippen LogP contribution in [0.25, 0.3) is 0 Å². The van der Waals surface area contributed by atoms with Crippen LogP contribution in [0.15, 0.2) is 22.7 Å². The third kappa shape index (κ3) is 3.27. The fraction of sp³-hybridized carbons (Fsp3) is 0.375. The van der Waals surface area contributed by atoms with Crippen LogP contribution in [0.3, 0.4) is 0 Å². The Hall–Kier alpha value is -2.77. The van der Waals surface area contributed by atoms with Crippen molar-refractivity contribution in [1.29, 1.82) is 0 Å². The summed E-state index contributed by atoms with van der Waals surface area (Å²) >= 11 is 0. The third-order valence-electron chi connectivity index (χ3n) is 3.88. The molecular formula is C16H17FN4O3. The first-order chi connectivity index (χ1) is 11.4. The topological polar surface area (TPSA) is 88.3 Å². The molecule has 0 saturated carbocycles. The molecule has 2 amide bonds. The Balaban J connectivity index is 1.64. The van der Waals surface area contributed by atoms with Gasteiger partial charge in [0.15, 0.2) is 5.82 Å². The van der Waals surface area contributed by atoms with Crippen LogP contribution < -0.4 is 10.2 Å². The fourth-order valence-electron chi connectivity index (χ4n) is 2.67. The second kappa shape index (κ2) is 6.38. The van der Waals surface area contributed by atoms with E-state index in [4.69, 9.17) is 4.52 Å². The first-order valence-electron chi connectivity index (χ1n) is 7.57. The maximum absolute atomic E-state index is 14.1. The highest BCUT2D eigenvalue weighted by Gasteiger charge is 2.36. The number of aromatic nitrogens is 2. The Kier molecular flexibility index (Phi) is 4.28. The van der Waals surface area contributed by atoms with Gasteiger partial charge in [-0.2, -0.15) is 4.98 Å². The molecule has 1 unspecified atom stereocenters. The first-order valence-corrected chi connectivity index (χ1v) is 7.57. The molecule has 1 fully saturated rings. The lowest BCUT2D eigenvalue weighted by atomic mass is 10.1. The Morgan fingerprint density at radius 3 is 2.92 bits per heavy atom. The molecule has 0 radical (unpaired) electrons. The van der Waals surface area contributed by atoms with Crippen LogP contribution in [0.5, 0.6) is 0 Å². The van der Waals surface area contributed by atoms with Crippen molar-refractivity contribution in [2.45, 2.75) is 26.8 Å². The monoisotopic (exact) mass is 332 g/mol. The maximum Gasteiger partial charge on any atom is 0.227 e. The number of halogens is 1. The normalized spacial score (nSPS) is 17.4. The molecule has 1 atom stereocenters. The number of hydrogen-bond acceptors (Lipinski definition) is 5. The van der Waals surface area contributed by atoms with E-state index in [0.29, 0.717) is 11.7 Å². The van der Waals surface area contributed by atoms with Gasteiger partial charge in [0.25, 0.3) is 0 Å². The summed E-state index contributed by atoms with van der Waals surface area (Å²) in [5.41, 5.74) is 0.974. The summed E-state index contributed by atoms with van der Waals surface area (Å²) in [5, 5.41) is 6.36. The third-order valence-corrected chi connectivity index (χ3v) is 3.88. The molecule has 24 heavy (non-hydrogen) atoms. The molecule has 0 bridgehead atoms. The summed E-state index contributed by atoms with van der Waals surface area (Å²) in [6, 6.07) is 4.66. The SMILES string of the molecule is Cc1ccc(N2CC(C(=O)NCc3noc(C)n3)CC2=O)c(F)c1. The lowest BCUT2D eigenvalue weighted by molar-refractivity contribution is -0.126. The Morgan fingerprint density at radius 2 is 2.25 bits per heavy atom. The average Bonchev–Trinajstić information content (AvgIpc) is 3.11. The van der Waals surface area contributed by atoms with Gasteiger partial charge in [-0.05, 0) is 24.6 Å². The zero-order valence-corrected chi connectivity index (χ0v) is 13.4. The molecule has 7 nitrogen and oxygen atoms in total. The number of benzene rings is 1. The quantitative estimate of drug-likeness (QED) is 0.916. The number of nitrogens with zero attached hydrogens (tertiary/aromatic N) is 3.